The Balaban J connectivity index is 2.79. The first-order chi connectivity index (χ1) is 9.04. The van der Waals surface area contributed by atoms with Gasteiger partial charge in [0.15, 0.2) is 0 Å². The number of nitrogens with zero attached hydrogens (tertiary/aromatic N) is 2. The van der Waals surface area contributed by atoms with E-state index >= 15 is 0 Å². The van der Waals surface area contributed by atoms with Gasteiger partial charge in [-0.2, -0.15) is 5.26 Å². The number of halogens is 1. The van der Waals surface area contributed by atoms with E-state index in [1.807, 2.05) is 6.07 Å². The van der Waals surface area contributed by atoms with Crippen LogP contribution >= 0.6 is 0 Å². The second kappa shape index (κ2) is 5.16. The fraction of sp³-hybridized carbons (Fsp3) is 0.0769. The predicted octanol–water partition coefficient (Wildman–Crippen LogP) is 2.08. The molecule has 2 N–H and O–H groups in total. The molecule has 0 amide bonds. The summed E-state index contributed by atoms with van der Waals surface area (Å²) in [5.41, 5.74) is 6.29. The second-order valence-corrected chi connectivity index (χ2v) is 5.14. The van der Waals surface area contributed by atoms with Crippen LogP contribution in [0.5, 0.6) is 0 Å². The summed E-state index contributed by atoms with van der Waals surface area (Å²) in [5.74, 6) is -0.522. The highest BCUT2D eigenvalue weighted by Gasteiger charge is 2.16. The summed E-state index contributed by atoms with van der Waals surface area (Å²) < 4.78 is 25.3. The number of hydrogen-bond acceptors (Lipinski definition) is 4. The molecule has 96 valence electrons. The molecule has 1 unspecified atom stereocenters. The second-order valence-electron chi connectivity index (χ2n) is 3.81. The Morgan fingerprint density at radius 1 is 1.37 bits per heavy atom. The smallest absolute Gasteiger partial charge is 0.143 e. The summed E-state index contributed by atoms with van der Waals surface area (Å²) in [5, 5.41) is 9.33. The number of benzene rings is 1. The summed E-state index contributed by atoms with van der Waals surface area (Å²) in [4.78, 5) is 3.89. The molecule has 1 aromatic carbocycles. The largest absolute Gasteiger partial charge is 0.383 e. The molecule has 0 saturated heterocycles. The molecule has 0 spiro atoms. The maximum atomic E-state index is 13.8. The molecule has 1 atom stereocenters. The zero-order valence-electron chi connectivity index (χ0n) is 10.1. The minimum absolute atomic E-state index is 0.0477. The highest BCUT2D eigenvalue weighted by atomic mass is 32.2. The van der Waals surface area contributed by atoms with Gasteiger partial charge in [0, 0.05) is 17.4 Å². The average molecular weight is 275 g/mol. The van der Waals surface area contributed by atoms with Gasteiger partial charge >= 0.3 is 0 Å². The van der Waals surface area contributed by atoms with Crippen molar-refractivity contribution in [2.75, 3.05) is 12.0 Å². The summed E-state index contributed by atoms with van der Waals surface area (Å²) in [6.07, 6.45) is 1.44. The lowest BCUT2D eigenvalue weighted by atomic mass is 10.0. The molecule has 6 heteroatoms. The van der Waals surface area contributed by atoms with Gasteiger partial charge in [0.05, 0.1) is 10.8 Å². The molecule has 4 nitrogen and oxygen atoms in total. The van der Waals surface area contributed by atoms with Crippen molar-refractivity contribution in [1.82, 2.24) is 4.98 Å². The Kier molecular flexibility index (Phi) is 3.58. The molecule has 1 heterocycles. The Morgan fingerprint density at radius 3 is 2.63 bits per heavy atom. The van der Waals surface area contributed by atoms with Crippen LogP contribution in [0.2, 0.25) is 0 Å². The zero-order chi connectivity index (χ0) is 14.0. The van der Waals surface area contributed by atoms with Crippen molar-refractivity contribution in [3.63, 3.8) is 0 Å². The molecule has 0 aliphatic carbocycles. The minimum Gasteiger partial charge on any atom is -0.383 e. The molecule has 2 rings (SSSR count). The monoisotopic (exact) mass is 275 g/mol. The first-order valence-electron chi connectivity index (χ1n) is 5.33. The number of rotatable bonds is 2. The number of nitrogens with two attached hydrogens (primary N) is 1. The van der Waals surface area contributed by atoms with Crippen molar-refractivity contribution in [2.45, 2.75) is 5.03 Å². The van der Waals surface area contributed by atoms with Crippen LogP contribution in [0.15, 0.2) is 35.4 Å². The lowest BCUT2D eigenvalue weighted by Gasteiger charge is -2.09. The number of nitrogen functional groups attached to an aromatic ring is 1. The zero-order valence-corrected chi connectivity index (χ0v) is 10.9. The molecule has 0 bridgehead atoms. The van der Waals surface area contributed by atoms with Gasteiger partial charge in [0.2, 0.25) is 0 Å². The molecule has 0 aliphatic heterocycles. The van der Waals surface area contributed by atoms with Crippen LogP contribution in [0.25, 0.3) is 11.1 Å². The fourth-order valence-corrected chi connectivity index (χ4v) is 2.21. The predicted molar refractivity (Wildman–Crippen MR) is 71.1 cm³/mol. The lowest BCUT2D eigenvalue weighted by molar-refractivity contribution is 0.631. The summed E-state index contributed by atoms with van der Waals surface area (Å²) in [6.45, 7) is 0. The van der Waals surface area contributed by atoms with Gasteiger partial charge in [0.25, 0.3) is 0 Å². The van der Waals surface area contributed by atoms with Crippen molar-refractivity contribution in [1.29, 1.82) is 5.26 Å². The SMILES string of the molecule is CS(=O)c1cc(-c2ccccc2F)c(C#N)c(N)n1. The van der Waals surface area contributed by atoms with E-state index in [1.165, 1.54) is 24.5 Å². The Hall–Kier alpha value is -2.26. The maximum absolute atomic E-state index is 13.8. The number of nitriles is 1. The van der Waals surface area contributed by atoms with E-state index in [2.05, 4.69) is 4.98 Å². The third kappa shape index (κ3) is 2.46. The summed E-state index contributed by atoms with van der Waals surface area (Å²) >= 11 is 0. The topological polar surface area (TPSA) is 79.8 Å². The molecule has 0 radical (unpaired) electrons. The standard InChI is InChI=1S/C13H10FN3OS/c1-19(18)12-6-9(10(7-15)13(16)17-12)8-4-2-3-5-11(8)14/h2-6H,1H3,(H2,16,17). The molecular formula is C13H10FN3OS. The van der Waals surface area contributed by atoms with Gasteiger partial charge in [0.1, 0.15) is 28.3 Å². The Morgan fingerprint density at radius 2 is 2.05 bits per heavy atom. The van der Waals surface area contributed by atoms with E-state index in [4.69, 9.17) is 11.0 Å². The van der Waals surface area contributed by atoms with E-state index < -0.39 is 16.6 Å². The number of hydrogen-bond donors (Lipinski definition) is 1. The highest BCUT2D eigenvalue weighted by molar-refractivity contribution is 7.84. The van der Waals surface area contributed by atoms with E-state index in [9.17, 15) is 8.60 Å². The Labute approximate surface area is 112 Å². The molecule has 0 aliphatic rings. The van der Waals surface area contributed by atoms with Crippen LogP contribution in [0, 0.1) is 17.1 Å². The van der Waals surface area contributed by atoms with Gasteiger partial charge in [-0.05, 0) is 12.1 Å². The van der Waals surface area contributed by atoms with Crippen molar-refractivity contribution in [3.8, 4) is 17.2 Å². The first kappa shape index (κ1) is 13.2. The maximum Gasteiger partial charge on any atom is 0.143 e. The minimum atomic E-state index is -1.36. The van der Waals surface area contributed by atoms with E-state index in [0.717, 1.165) is 0 Å². The van der Waals surface area contributed by atoms with Crippen molar-refractivity contribution < 1.29 is 8.60 Å². The third-order valence-electron chi connectivity index (χ3n) is 2.59. The number of anilines is 1. The molecule has 2 aromatic rings. The van der Waals surface area contributed by atoms with Crippen LogP contribution in [0.4, 0.5) is 10.2 Å². The first-order valence-corrected chi connectivity index (χ1v) is 6.89. The van der Waals surface area contributed by atoms with Crippen LogP contribution in [0.3, 0.4) is 0 Å². The van der Waals surface area contributed by atoms with Crippen molar-refractivity contribution in [3.05, 3.63) is 41.7 Å². The van der Waals surface area contributed by atoms with E-state index in [0.29, 0.717) is 5.56 Å². The van der Waals surface area contributed by atoms with Crippen molar-refractivity contribution >= 4 is 16.6 Å². The van der Waals surface area contributed by atoms with Crippen LogP contribution in [0.1, 0.15) is 5.56 Å². The average Bonchev–Trinajstić information content (AvgIpc) is 2.38. The lowest BCUT2D eigenvalue weighted by Crippen LogP contribution is -2.03. The van der Waals surface area contributed by atoms with Crippen LogP contribution in [-0.2, 0) is 10.8 Å². The molecular weight excluding hydrogens is 265 g/mol. The quantitative estimate of drug-likeness (QED) is 0.910. The molecule has 0 fully saturated rings. The van der Waals surface area contributed by atoms with Gasteiger partial charge in [-0.25, -0.2) is 9.37 Å². The van der Waals surface area contributed by atoms with Gasteiger partial charge in [-0.3, -0.25) is 4.21 Å². The molecule has 1 aromatic heterocycles. The van der Waals surface area contributed by atoms with Crippen LogP contribution < -0.4 is 5.73 Å². The Bertz CT molecular complexity index is 710. The van der Waals surface area contributed by atoms with Crippen molar-refractivity contribution in [2.24, 2.45) is 0 Å². The van der Waals surface area contributed by atoms with E-state index in [-0.39, 0.29) is 22.0 Å². The van der Waals surface area contributed by atoms with Gasteiger partial charge in [-0.15, -0.1) is 0 Å². The van der Waals surface area contributed by atoms with Crippen LogP contribution in [-0.4, -0.2) is 15.4 Å². The van der Waals surface area contributed by atoms with Gasteiger partial charge < -0.3 is 5.73 Å². The summed E-state index contributed by atoms with van der Waals surface area (Å²) in [7, 11) is -1.36. The highest BCUT2D eigenvalue weighted by Crippen LogP contribution is 2.29. The molecule has 19 heavy (non-hydrogen) atoms. The number of pyridine rings is 1. The van der Waals surface area contributed by atoms with Gasteiger partial charge in [-0.1, -0.05) is 18.2 Å². The normalized spacial score (nSPS) is 11.8. The summed E-state index contributed by atoms with van der Waals surface area (Å²) in [6, 6.07) is 9.36. The molecule has 0 saturated carbocycles. The number of aromatic nitrogens is 1. The third-order valence-corrected chi connectivity index (χ3v) is 3.39. The fourth-order valence-electron chi connectivity index (χ4n) is 1.70. The van der Waals surface area contributed by atoms with E-state index in [1.54, 1.807) is 12.1 Å².